The molecule has 21 heavy (non-hydrogen) atoms. The maximum Gasteiger partial charge on any atom is 0.263 e. The molecule has 1 amide bonds. The lowest BCUT2D eigenvalue weighted by atomic mass is 10.1. The van der Waals surface area contributed by atoms with Gasteiger partial charge in [0.25, 0.3) is 5.91 Å². The summed E-state index contributed by atoms with van der Waals surface area (Å²) in [5, 5.41) is 8.61. The highest BCUT2D eigenvalue weighted by Gasteiger charge is 2.23. The minimum Gasteiger partial charge on any atom is -0.488 e. The molecule has 0 N–H and O–H groups in total. The Kier molecular flexibility index (Phi) is 3.63. The van der Waals surface area contributed by atoms with Crippen LogP contribution in [-0.2, 0) is 6.61 Å². The van der Waals surface area contributed by atoms with Crippen LogP contribution in [0.15, 0.2) is 30.3 Å². The zero-order valence-electron chi connectivity index (χ0n) is 11.6. The standard InChI is InChI=1S/C16H14N2O2S/c1-18(8-4-7-17)16(19)14-9-11-10-20-13-6-3-2-5-12(13)15(11)21-14/h2-3,5-6,9H,4,8,10H2,1H3. The normalized spacial score (nSPS) is 11.8. The van der Waals surface area contributed by atoms with Gasteiger partial charge >= 0.3 is 0 Å². The van der Waals surface area contributed by atoms with Crippen LogP contribution in [0.4, 0.5) is 0 Å². The van der Waals surface area contributed by atoms with Gasteiger partial charge in [0.1, 0.15) is 12.4 Å². The van der Waals surface area contributed by atoms with Crippen LogP contribution in [0.3, 0.4) is 0 Å². The van der Waals surface area contributed by atoms with Crippen molar-refractivity contribution in [1.82, 2.24) is 4.90 Å². The Balaban J connectivity index is 1.91. The second kappa shape index (κ2) is 5.58. The van der Waals surface area contributed by atoms with Crippen molar-refractivity contribution in [3.05, 3.63) is 40.8 Å². The van der Waals surface area contributed by atoms with Crippen molar-refractivity contribution in [2.24, 2.45) is 0 Å². The van der Waals surface area contributed by atoms with Crippen LogP contribution in [0.5, 0.6) is 5.75 Å². The van der Waals surface area contributed by atoms with Crippen molar-refractivity contribution in [1.29, 1.82) is 5.26 Å². The molecule has 0 spiro atoms. The van der Waals surface area contributed by atoms with Crippen LogP contribution in [0.1, 0.15) is 21.7 Å². The maximum absolute atomic E-state index is 12.4. The number of para-hydroxylation sites is 1. The van der Waals surface area contributed by atoms with E-state index >= 15 is 0 Å². The van der Waals surface area contributed by atoms with Gasteiger partial charge in [-0.2, -0.15) is 5.26 Å². The first-order chi connectivity index (χ1) is 10.2. The molecule has 0 saturated heterocycles. The molecule has 0 atom stereocenters. The number of hydrogen-bond acceptors (Lipinski definition) is 4. The lowest BCUT2D eigenvalue weighted by Gasteiger charge is -2.16. The van der Waals surface area contributed by atoms with Crippen molar-refractivity contribution in [3.63, 3.8) is 0 Å². The second-order valence-electron chi connectivity index (χ2n) is 4.88. The zero-order chi connectivity index (χ0) is 14.8. The molecule has 0 bridgehead atoms. The van der Waals surface area contributed by atoms with E-state index in [4.69, 9.17) is 10.00 Å². The summed E-state index contributed by atoms with van der Waals surface area (Å²) in [5.41, 5.74) is 2.10. The van der Waals surface area contributed by atoms with E-state index in [2.05, 4.69) is 6.07 Å². The number of hydrogen-bond donors (Lipinski definition) is 0. The molecule has 1 aliphatic heterocycles. The summed E-state index contributed by atoms with van der Waals surface area (Å²) < 4.78 is 5.71. The van der Waals surface area contributed by atoms with Gasteiger partial charge < -0.3 is 9.64 Å². The fourth-order valence-corrected chi connectivity index (χ4v) is 3.50. The molecule has 1 aromatic carbocycles. The average Bonchev–Trinajstić information content (AvgIpc) is 2.96. The summed E-state index contributed by atoms with van der Waals surface area (Å²) in [4.78, 5) is 15.8. The van der Waals surface area contributed by atoms with Crippen LogP contribution in [0.2, 0.25) is 0 Å². The number of carbonyl (C=O) groups excluding carboxylic acids is 1. The molecule has 0 fully saturated rings. The summed E-state index contributed by atoms with van der Waals surface area (Å²) >= 11 is 1.49. The van der Waals surface area contributed by atoms with E-state index < -0.39 is 0 Å². The minimum absolute atomic E-state index is 0.0397. The van der Waals surface area contributed by atoms with Crippen molar-refractivity contribution < 1.29 is 9.53 Å². The SMILES string of the molecule is CN(CCC#N)C(=O)c1cc2c(s1)-c1ccccc1OC2. The third kappa shape index (κ3) is 2.50. The monoisotopic (exact) mass is 298 g/mol. The van der Waals surface area contributed by atoms with E-state index in [1.165, 1.54) is 11.3 Å². The minimum atomic E-state index is -0.0397. The molecule has 2 heterocycles. The first-order valence-electron chi connectivity index (χ1n) is 6.68. The smallest absolute Gasteiger partial charge is 0.263 e. The molecule has 4 nitrogen and oxygen atoms in total. The van der Waals surface area contributed by atoms with E-state index in [0.717, 1.165) is 21.8 Å². The Bertz CT molecular complexity index is 730. The average molecular weight is 298 g/mol. The van der Waals surface area contributed by atoms with Gasteiger partial charge in [0.15, 0.2) is 0 Å². The highest BCUT2D eigenvalue weighted by Crippen LogP contribution is 2.42. The summed E-state index contributed by atoms with van der Waals surface area (Å²) in [7, 11) is 1.73. The summed E-state index contributed by atoms with van der Waals surface area (Å²) in [6.45, 7) is 0.947. The molecule has 0 aliphatic carbocycles. The van der Waals surface area contributed by atoms with E-state index in [1.807, 2.05) is 30.3 Å². The first-order valence-corrected chi connectivity index (χ1v) is 7.49. The van der Waals surface area contributed by atoms with E-state index in [9.17, 15) is 4.79 Å². The number of fused-ring (bicyclic) bond motifs is 3. The second-order valence-corrected chi connectivity index (χ2v) is 5.94. The third-order valence-corrected chi connectivity index (χ3v) is 4.64. The maximum atomic E-state index is 12.4. The number of amides is 1. The van der Waals surface area contributed by atoms with Crippen LogP contribution in [0, 0.1) is 11.3 Å². The quantitative estimate of drug-likeness (QED) is 0.873. The Morgan fingerprint density at radius 3 is 3.10 bits per heavy atom. The van der Waals surface area contributed by atoms with Gasteiger partial charge in [-0.25, -0.2) is 0 Å². The fraction of sp³-hybridized carbons (Fsp3) is 0.250. The predicted octanol–water partition coefficient (Wildman–Crippen LogP) is 3.29. The van der Waals surface area contributed by atoms with Gasteiger partial charge in [-0.15, -0.1) is 11.3 Å². The van der Waals surface area contributed by atoms with Gasteiger partial charge in [-0.3, -0.25) is 4.79 Å². The molecule has 0 radical (unpaired) electrons. The number of benzene rings is 1. The van der Waals surface area contributed by atoms with E-state index in [1.54, 1.807) is 11.9 Å². The number of nitrogens with zero attached hydrogens (tertiary/aromatic N) is 2. The van der Waals surface area contributed by atoms with Crippen molar-refractivity contribution in [2.45, 2.75) is 13.0 Å². The molecular weight excluding hydrogens is 284 g/mol. The first kappa shape index (κ1) is 13.7. The summed E-state index contributed by atoms with van der Waals surface area (Å²) in [6, 6.07) is 11.8. The Labute approximate surface area is 127 Å². The van der Waals surface area contributed by atoms with E-state index in [0.29, 0.717) is 24.4 Å². The molecule has 0 saturated carbocycles. The molecule has 106 valence electrons. The Hall–Kier alpha value is -2.32. The van der Waals surface area contributed by atoms with Crippen molar-refractivity contribution in [3.8, 4) is 22.3 Å². The molecule has 2 aromatic rings. The molecule has 1 aliphatic rings. The topological polar surface area (TPSA) is 53.3 Å². The predicted molar refractivity (Wildman–Crippen MR) is 81.3 cm³/mol. The summed E-state index contributed by atoms with van der Waals surface area (Å²) in [6.07, 6.45) is 0.347. The van der Waals surface area contributed by atoms with Crippen LogP contribution >= 0.6 is 11.3 Å². The number of carbonyl (C=O) groups is 1. The number of rotatable bonds is 3. The van der Waals surface area contributed by atoms with Crippen LogP contribution in [-0.4, -0.2) is 24.4 Å². The highest BCUT2D eigenvalue weighted by atomic mass is 32.1. The summed E-state index contributed by atoms with van der Waals surface area (Å²) in [5.74, 6) is 0.825. The van der Waals surface area contributed by atoms with Gasteiger partial charge in [0, 0.05) is 29.6 Å². The molecule has 3 rings (SSSR count). The van der Waals surface area contributed by atoms with Crippen molar-refractivity contribution in [2.75, 3.05) is 13.6 Å². The Morgan fingerprint density at radius 2 is 2.29 bits per heavy atom. The zero-order valence-corrected chi connectivity index (χ0v) is 12.4. The molecule has 5 heteroatoms. The van der Waals surface area contributed by atoms with E-state index in [-0.39, 0.29) is 5.91 Å². The number of thiophene rings is 1. The highest BCUT2D eigenvalue weighted by molar-refractivity contribution is 7.17. The van der Waals surface area contributed by atoms with Gasteiger partial charge in [0.05, 0.1) is 17.4 Å². The lowest BCUT2D eigenvalue weighted by molar-refractivity contribution is 0.0802. The number of nitriles is 1. The molecular formula is C16H14N2O2S. The third-order valence-electron chi connectivity index (χ3n) is 3.44. The van der Waals surface area contributed by atoms with Gasteiger partial charge in [-0.1, -0.05) is 12.1 Å². The Morgan fingerprint density at radius 1 is 1.48 bits per heavy atom. The fourth-order valence-electron chi connectivity index (χ4n) is 2.31. The van der Waals surface area contributed by atoms with Crippen molar-refractivity contribution >= 4 is 17.2 Å². The molecule has 1 aromatic heterocycles. The van der Waals surface area contributed by atoms with Gasteiger partial charge in [-0.05, 0) is 18.2 Å². The van der Waals surface area contributed by atoms with Crippen LogP contribution < -0.4 is 4.74 Å². The molecule has 0 unspecified atom stereocenters. The van der Waals surface area contributed by atoms with Gasteiger partial charge in [0.2, 0.25) is 0 Å². The van der Waals surface area contributed by atoms with Crippen LogP contribution in [0.25, 0.3) is 10.4 Å². The lowest BCUT2D eigenvalue weighted by Crippen LogP contribution is -2.26. The number of ether oxygens (including phenoxy) is 1. The largest absolute Gasteiger partial charge is 0.488 e.